The number of hydrogen-bond donors (Lipinski definition) is 1. The Morgan fingerprint density at radius 1 is 1.24 bits per heavy atom. The normalized spacial score (nSPS) is 19.1. The molecule has 0 radical (unpaired) electrons. The summed E-state index contributed by atoms with van der Waals surface area (Å²) in [6.07, 6.45) is 2.41. The van der Waals surface area contributed by atoms with Crippen molar-refractivity contribution < 1.29 is 0 Å². The quantitative estimate of drug-likeness (QED) is 0.899. The highest BCUT2D eigenvalue weighted by Crippen LogP contribution is 2.35. The minimum absolute atomic E-state index is 0.117. The molecule has 3 nitrogen and oxygen atoms in total. The van der Waals surface area contributed by atoms with E-state index < -0.39 is 0 Å². The molecule has 1 aliphatic rings. The van der Waals surface area contributed by atoms with E-state index in [2.05, 4.69) is 23.9 Å². The van der Waals surface area contributed by atoms with Crippen molar-refractivity contribution in [1.82, 2.24) is 9.80 Å². The van der Waals surface area contributed by atoms with Crippen molar-refractivity contribution in [3.05, 3.63) is 33.8 Å². The summed E-state index contributed by atoms with van der Waals surface area (Å²) in [6, 6.07) is 5.78. The second-order valence-corrected chi connectivity index (χ2v) is 6.94. The predicted molar refractivity (Wildman–Crippen MR) is 91.1 cm³/mol. The third-order valence-electron chi connectivity index (χ3n) is 4.27. The summed E-state index contributed by atoms with van der Waals surface area (Å²) >= 11 is 12.7. The molecule has 0 aliphatic carbocycles. The molecule has 2 rings (SSSR count). The maximum absolute atomic E-state index is 6.35. The first kappa shape index (κ1) is 17.0. The molecule has 1 atom stereocenters. The first-order valence-electron chi connectivity index (χ1n) is 7.55. The Bertz CT molecular complexity index is 437. The number of likely N-dealkylation sites (tertiary alicyclic amines) is 1. The minimum atomic E-state index is 0.117. The molecule has 0 bridgehead atoms. The van der Waals surface area contributed by atoms with Gasteiger partial charge in [0.2, 0.25) is 0 Å². The van der Waals surface area contributed by atoms with Gasteiger partial charge in [-0.3, -0.25) is 4.90 Å². The van der Waals surface area contributed by atoms with Crippen molar-refractivity contribution >= 4 is 23.2 Å². The highest BCUT2D eigenvalue weighted by atomic mass is 35.5. The van der Waals surface area contributed by atoms with Gasteiger partial charge in [0.1, 0.15) is 0 Å². The Hall–Kier alpha value is -0.320. The maximum atomic E-state index is 6.35. The average Bonchev–Trinajstić information content (AvgIpc) is 2.44. The smallest absolute Gasteiger partial charge is 0.0500 e. The van der Waals surface area contributed by atoms with E-state index >= 15 is 0 Å². The van der Waals surface area contributed by atoms with Gasteiger partial charge in [-0.2, -0.15) is 0 Å². The van der Waals surface area contributed by atoms with E-state index in [1.807, 2.05) is 18.2 Å². The number of nitrogens with two attached hydrogens (primary N) is 1. The van der Waals surface area contributed by atoms with Crippen molar-refractivity contribution in [3.8, 4) is 0 Å². The maximum Gasteiger partial charge on any atom is 0.0500 e. The molecule has 118 valence electrons. The van der Waals surface area contributed by atoms with E-state index in [9.17, 15) is 0 Å². The number of rotatable bonds is 5. The van der Waals surface area contributed by atoms with Crippen molar-refractivity contribution in [1.29, 1.82) is 0 Å². The largest absolute Gasteiger partial charge is 0.329 e. The van der Waals surface area contributed by atoms with Crippen LogP contribution in [0.2, 0.25) is 10.0 Å². The summed E-state index contributed by atoms with van der Waals surface area (Å²) in [4.78, 5) is 4.70. The Labute approximate surface area is 138 Å². The third kappa shape index (κ3) is 4.33. The molecule has 0 saturated carbocycles. The topological polar surface area (TPSA) is 32.5 Å². The summed E-state index contributed by atoms with van der Waals surface area (Å²) < 4.78 is 0. The second-order valence-electron chi connectivity index (χ2n) is 6.13. The van der Waals surface area contributed by atoms with E-state index in [-0.39, 0.29) is 6.04 Å². The van der Waals surface area contributed by atoms with Gasteiger partial charge in [0, 0.05) is 34.7 Å². The monoisotopic (exact) mass is 329 g/mol. The minimum Gasteiger partial charge on any atom is -0.329 e. The number of halogens is 2. The standard InChI is InChI=1S/C16H25Cl2N3/c1-20(2)11-12-6-8-21(9-7-12)15(10-19)16-13(17)4-3-5-14(16)18/h3-5,12,15H,6-11,19H2,1-2H3. The number of piperidine rings is 1. The van der Waals surface area contributed by atoms with Crippen LogP contribution >= 0.6 is 23.2 Å². The molecule has 1 aromatic carbocycles. The van der Waals surface area contributed by atoms with E-state index in [4.69, 9.17) is 28.9 Å². The highest BCUT2D eigenvalue weighted by molar-refractivity contribution is 6.36. The first-order chi connectivity index (χ1) is 10.0. The Balaban J connectivity index is 2.06. The van der Waals surface area contributed by atoms with Crippen LogP contribution in [0, 0.1) is 5.92 Å². The van der Waals surface area contributed by atoms with Crippen LogP contribution in [0.4, 0.5) is 0 Å². The number of hydrogen-bond acceptors (Lipinski definition) is 3. The Kier molecular flexibility index (Phi) is 6.33. The molecule has 0 aromatic heterocycles. The van der Waals surface area contributed by atoms with Gasteiger partial charge in [-0.1, -0.05) is 29.3 Å². The van der Waals surface area contributed by atoms with Gasteiger partial charge in [-0.25, -0.2) is 0 Å². The van der Waals surface area contributed by atoms with E-state index in [1.54, 1.807) is 0 Å². The number of benzene rings is 1. The molecule has 0 spiro atoms. The molecule has 1 fully saturated rings. The van der Waals surface area contributed by atoms with Gasteiger partial charge in [0.05, 0.1) is 0 Å². The molecule has 2 N–H and O–H groups in total. The van der Waals surface area contributed by atoms with Gasteiger partial charge < -0.3 is 10.6 Å². The summed E-state index contributed by atoms with van der Waals surface area (Å²) in [5, 5.41) is 1.43. The van der Waals surface area contributed by atoms with Crippen LogP contribution in [0.3, 0.4) is 0 Å². The fourth-order valence-corrected chi connectivity index (χ4v) is 3.89. The molecule has 1 unspecified atom stereocenters. The van der Waals surface area contributed by atoms with Crippen LogP contribution in [0.5, 0.6) is 0 Å². The van der Waals surface area contributed by atoms with E-state index in [0.717, 1.165) is 31.1 Å². The Morgan fingerprint density at radius 3 is 2.29 bits per heavy atom. The molecular formula is C16H25Cl2N3. The Morgan fingerprint density at radius 2 is 1.81 bits per heavy atom. The van der Waals surface area contributed by atoms with E-state index in [1.165, 1.54) is 12.8 Å². The lowest BCUT2D eigenvalue weighted by atomic mass is 9.93. The van der Waals surface area contributed by atoms with Crippen LogP contribution in [0.15, 0.2) is 18.2 Å². The molecule has 1 aliphatic heterocycles. The third-order valence-corrected chi connectivity index (χ3v) is 4.93. The van der Waals surface area contributed by atoms with Crippen molar-refractivity contribution in [2.24, 2.45) is 11.7 Å². The van der Waals surface area contributed by atoms with Crippen LogP contribution in [-0.2, 0) is 0 Å². The van der Waals surface area contributed by atoms with Gasteiger partial charge in [-0.05, 0) is 58.1 Å². The average molecular weight is 330 g/mol. The van der Waals surface area contributed by atoms with Crippen LogP contribution in [0.25, 0.3) is 0 Å². The highest BCUT2D eigenvalue weighted by Gasteiger charge is 2.28. The van der Waals surface area contributed by atoms with Crippen molar-refractivity contribution in [2.45, 2.75) is 18.9 Å². The predicted octanol–water partition coefficient (Wildman–Crippen LogP) is 3.27. The lowest BCUT2D eigenvalue weighted by Gasteiger charge is -2.38. The molecule has 1 aromatic rings. The van der Waals surface area contributed by atoms with Crippen molar-refractivity contribution in [3.63, 3.8) is 0 Å². The summed E-state index contributed by atoms with van der Waals surface area (Å²) in [7, 11) is 4.27. The van der Waals surface area contributed by atoms with Crippen molar-refractivity contribution in [2.75, 3.05) is 40.3 Å². The van der Waals surface area contributed by atoms with Gasteiger partial charge in [-0.15, -0.1) is 0 Å². The summed E-state index contributed by atoms with van der Waals surface area (Å²) in [5.41, 5.74) is 7.00. The molecule has 1 saturated heterocycles. The van der Waals surface area contributed by atoms with Gasteiger partial charge in [0.15, 0.2) is 0 Å². The fraction of sp³-hybridized carbons (Fsp3) is 0.625. The fourth-order valence-electron chi connectivity index (χ4n) is 3.24. The zero-order chi connectivity index (χ0) is 15.4. The lowest BCUT2D eigenvalue weighted by Crippen LogP contribution is -2.41. The number of nitrogens with zero attached hydrogens (tertiary/aromatic N) is 2. The van der Waals surface area contributed by atoms with E-state index in [0.29, 0.717) is 16.6 Å². The lowest BCUT2D eigenvalue weighted by molar-refractivity contribution is 0.122. The summed E-state index contributed by atoms with van der Waals surface area (Å²) in [5.74, 6) is 0.774. The molecule has 0 amide bonds. The van der Waals surface area contributed by atoms with Crippen LogP contribution in [0.1, 0.15) is 24.4 Å². The van der Waals surface area contributed by atoms with Crippen LogP contribution in [-0.4, -0.2) is 50.1 Å². The molecular weight excluding hydrogens is 305 g/mol. The SMILES string of the molecule is CN(C)CC1CCN(C(CN)c2c(Cl)cccc2Cl)CC1. The summed E-state index contributed by atoms with van der Waals surface area (Å²) in [6.45, 7) is 3.82. The molecule has 21 heavy (non-hydrogen) atoms. The molecule has 5 heteroatoms. The second kappa shape index (κ2) is 7.80. The zero-order valence-corrected chi connectivity index (χ0v) is 14.4. The zero-order valence-electron chi connectivity index (χ0n) is 12.9. The van der Waals surface area contributed by atoms with Gasteiger partial charge in [0.25, 0.3) is 0 Å². The van der Waals surface area contributed by atoms with Crippen LogP contribution < -0.4 is 5.73 Å². The molecule has 1 heterocycles. The van der Waals surface area contributed by atoms with Gasteiger partial charge >= 0.3 is 0 Å². The first-order valence-corrected chi connectivity index (χ1v) is 8.31.